The third-order valence-corrected chi connectivity index (χ3v) is 7.25. The molecule has 0 bridgehead atoms. The Morgan fingerprint density at radius 1 is 1.15 bits per heavy atom. The van der Waals surface area contributed by atoms with Crippen molar-refractivity contribution >= 4 is 69.8 Å². The lowest BCUT2D eigenvalue weighted by atomic mass is 9.49. The molecule has 1 aromatic carbocycles. The number of amides is 3. The zero-order valence-electron chi connectivity index (χ0n) is 23.8. The second kappa shape index (κ2) is 11.7. The molecule has 1 fully saturated rings. The maximum absolute atomic E-state index is 13.1. The highest BCUT2D eigenvalue weighted by Gasteiger charge is 2.30. The zero-order chi connectivity index (χ0) is 29.2. The van der Waals surface area contributed by atoms with Crippen molar-refractivity contribution in [2.75, 3.05) is 24.8 Å². The molecule has 3 aromatic rings. The van der Waals surface area contributed by atoms with E-state index in [0.29, 0.717) is 32.6 Å². The number of methoxy groups -OCH3 is 1. The molecule has 11 nitrogen and oxygen atoms in total. The summed E-state index contributed by atoms with van der Waals surface area (Å²) in [5.41, 5.74) is 1.62. The Kier molecular flexibility index (Phi) is 8.52. The van der Waals surface area contributed by atoms with Crippen molar-refractivity contribution in [1.29, 1.82) is 0 Å². The minimum Gasteiger partial charge on any atom is -0.494 e. The van der Waals surface area contributed by atoms with E-state index in [0.717, 1.165) is 12.8 Å². The second-order valence-corrected chi connectivity index (χ2v) is 12.0. The van der Waals surface area contributed by atoms with Crippen LogP contribution in [0.4, 0.5) is 17.2 Å². The number of nitrogens with one attached hydrogen (secondary N) is 3. The van der Waals surface area contributed by atoms with Crippen LogP contribution in [0.5, 0.6) is 5.75 Å². The van der Waals surface area contributed by atoms with Gasteiger partial charge in [0.1, 0.15) is 33.4 Å². The first kappa shape index (κ1) is 29.1. The van der Waals surface area contributed by atoms with Crippen LogP contribution < -0.4 is 20.7 Å². The van der Waals surface area contributed by atoms with Gasteiger partial charge in [-0.1, -0.05) is 6.07 Å². The number of hydrogen-bond acceptors (Lipinski definition) is 9. The molecular weight excluding hydrogens is 527 g/mol. The van der Waals surface area contributed by atoms with Gasteiger partial charge in [0.05, 0.1) is 30.2 Å². The molecule has 0 spiro atoms. The molecule has 3 N–H and O–H groups in total. The third-order valence-electron chi connectivity index (χ3n) is 6.23. The predicted molar refractivity (Wildman–Crippen MR) is 164 cm³/mol. The van der Waals surface area contributed by atoms with E-state index in [1.165, 1.54) is 18.4 Å². The van der Waals surface area contributed by atoms with E-state index in [2.05, 4.69) is 31.1 Å². The number of para-hydroxylation sites is 1. The molecule has 0 saturated heterocycles. The number of ether oxygens (including phenoxy) is 1. The van der Waals surface area contributed by atoms with Crippen LogP contribution in [0.2, 0.25) is 0 Å². The molecular formula is C25H32B3N7O4S. The first-order valence-electron chi connectivity index (χ1n) is 13.1. The number of anilines is 3. The average molecular weight is 559 g/mol. The summed E-state index contributed by atoms with van der Waals surface area (Å²) in [6.07, 6.45) is 3.26. The molecule has 2 heterocycles. The normalized spacial score (nSPS) is 13.0. The van der Waals surface area contributed by atoms with Crippen molar-refractivity contribution in [2.24, 2.45) is 5.92 Å². The molecule has 1 saturated carbocycles. The summed E-state index contributed by atoms with van der Waals surface area (Å²) in [5, 5.41) is 17.3. The maximum atomic E-state index is 13.1. The van der Waals surface area contributed by atoms with Crippen LogP contribution >= 0.6 is 11.3 Å². The summed E-state index contributed by atoms with van der Waals surface area (Å²) < 4.78 is 5.78. The molecule has 2 aromatic heterocycles. The molecule has 0 atom stereocenters. The summed E-state index contributed by atoms with van der Waals surface area (Å²) >= 11 is 1.27. The van der Waals surface area contributed by atoms with Gasteiger partial charge >= 0.3 is 0 Å². The van der Waals surface area contributed by atoms with Crippen LogP contribution in [0, 0.1) is 5.92 Å². The Balaban J connectivity index is 1.70. The van der Waals surface area contributed by atoms with Crippen LogP contribution in [0.1, 0.15) is 46.8 Å². The van der Waals surface area contributed by atoms with Crippen LogP contribution in [0.15, 0.2) is 30.5 Å². The van der Waals surface area contributed by atoms with E-state index >= 15 is 0 Å². The van der Waals surface area contributed by atoms with Gasteiger partial charge in [-0.25, -0.2) is 4.98 Å². The summed E-state index contributed by atoms with van der Waals surface area (Å²) in [6, 6.07) is 7.10. The summed E-state index contributed by atoms with van der Waals surface area (Å²) in [6.45, 7) is 3.90. The van der Waals surface area contributed by atoms with Gasteiger partial charge in [0, 0.05) is 25.1 Å². The van der Waals surface area contributed by atoms with Crippen LogP contribution in [0.3, 0.4) is 0 Å². The molecule has 206 valence electrons. The number of aromatic nitrogens is 3. The highest BCUT2D eigenvalue weighted by molar-refractivity contribution is 7.17. The Bertz CT molecular complexity index is 1440. The molecule has 1 aliphatic carbocycles. The fourth-order valence-electron chi connectivity index (χ4n) is 3.76. The molecule has 15 heteroatoms. The summed E-state index contributed by atoms with van der Waals surface area (Å²) in [7, 11) is 8.90. The monoisotopic (exact) mass is 559 g/mol. The first-order valence-corrected chi connectivity index (χ1v) is 13.9. The average Bonchev–Trinajstić information content (AvgIpc) is 3.63. The van der Waals surface area contributed by atoms with Crippen molar-refractivity contribution in [3.8, 4) is 16.3 Å². The van der Waals surface area contributed by atoms with Crippen LogP contribution in [-0.4, -0.2) is 86.8 Å². The highest BCUT2D eigenvalue weighted by Crippen LogP contribution is 2.40. The zero-order valence-corrected chi connectivity index (χ0v) is 24.6. The van der Waals surface area contributed by atoms with E-state index in [4.69, 9.17) is 4.74 Å². The fourth-order valence-corrected chi connectivity index (χ4v) is 4.69. The largest absolute Gasteiger partial charge is 0.494 e. The Morgan fingerprint density at radius 2 is 1.88 bits per heavy atom. The Morgan fingerprint density at radius 3 is 2.50 bits per heavy atom. The lowest BCUT2D eigenvalue weighted by Crippen LogP contribution is -2.50. The van der Waals surface area contributed by atoms with E-state index in [-0.39, 0.29) is 35.3 Å². The number of thiazole rings is 1. The van der Waals surface area contributed by atoms with Crippen molar-refractivity contribution in [3.05, 3.63) is 41.0 Å². The van der Waals surface area contributed by atoms with Crippen molar-refractivity contribution < 1.29 is 19.1 Å². The minimum atomic E-state index is -0.504. The minimum absolute atomic E-state index is 0.0192. The Hall–Kier alpha value is -3.87. The van der Waals surface area contributed by atoms with Gasteiger partial charge in [0.2, 0.25) is 5.91 Å². The third kappa shape index (κ3) is 6.82. The highest BCUT2D eigenvalue weighted by atomic mass is 32.1. The number of carbonyl (C=O) groups is 3. The quantitative estimate of drug-likeness (QED) is 0.304. The van der Waals surface area contributed by atoms with E-state index in [1.807, 2.05) is 49.5 Å². The van der Waals surface area contributed by atoms with Gasteiger partial charge in [-0.3, -0.25) is 14.4 Å². The first-order chi connectivity index (χ1) is 18.9. The number of hydrogen-bond donors (Lipinski definition) is 3. The summed E-state index contributed by atoms with van der Waals surface area (Å²) in [4.78, 5) is 45.0. The van der Waals surface area contributed by atoms with E-state index in [9.17, 15) is 14.4 Å². The molecule has 0 unspecified atom stereocenters. The van der Waals surface area contributed by atoms with Gasteiger partial charge in [0.15, 0.2) is 17.3 Å². The lowest BCUT2D eigenvalue weighted by molar-refractivity contribution is -0.117. The lowest BCUT2D eigenvalue weighted by Gasteiger charge is -2.22. The standard InChI is InChI=1S/C25H32B3N7O4S/c1-12(2)35(3)24(38)17-11-29-23(40-17)14-6-5-7-15(20(14)39-4)30-16-10-18(31-21(36)13-8-9-13)33-34-19(16)22(37)32-25(26,27)28/h5-7,10-13H,8-9,26-28H2,1-4H3,(H,32,37)(H2,30,31,33,36). The van der Waals surface area contributed by atoms with E-state index in [1.54, 1.807) is 30.3 Å². The second-order valence-electron chi connectivity index (χ2n) is 11.0. The fraction of sp³-hybridized carbons (Fsp3) is 0.360. The van der Waals surface area contributed by atoms with Crippen molar-refractivity contribution in [3.63, 3.8) is 0 Å². The molecule has 0 radical (unpaired) electrons. The number of rotatable bonds is 10. The molecule has 40 heavy (non-hydrogen) atoms. The number of nitrogens with zero attached hydrogens (tertiary/aromatic N) is 4. The topological polar surface area (TPSA) is 138 Å². The van der Waals surface area contributed by atoms with Crippen molar-refractivity contribution in [2.45, 2.75) is 38.0 Å². The van der Waals surface area contributed by atoms with Gasteiger partial charge in [-0.2, -0.15) is 0 Å². The molecule has 1 aliphatic rings. The van der Waals surface area contributed by atoms with E-state index < -0.39 is 11.1 Å². The van der Waals surface area contributed by atoms with Crippen LogP contribution in [0.25, 0.3) is 10.6 Å². The van der Waals surface area contributed by atoms with Gasteiger partial charge < -0.3 is 25.6 Å². The van der Waals surface area contributed by atoms with Crippen LogP contribution in [-0.2, 0) is 4.79 Å². The summed E-state index contributed by atoms with van der Waals surface area (Å²) in [5.74, 6) is 0.0353. The molecule has 0 aliphatic heterocycles. The smallest absolute Gasteiger partial charge is 0.272 e. The molecule has 3 amide bonds. The van der Waals surface area contributed by atoms with Crippen molar-refractivity contribution in [1.82, 2.24) is 25.4 Å². The maximum Gasteiger partial charge on any atom is 0.272 e. The number of benzene rings is 1. The SMILES string of the molecule is BC(B)(B)NC(=O)c1nnc(NC(=O)C2CC2)cc1Nc1cccc(-c2ncc(C(=O)N(C)C(C)C)s2)c1OC. The Labute approximate surface area is 240 Å². The number of carbonyl (C=O) groups excluding carboxylic acids is 3. The van der Waals surface area contributed by atoms with Gasteiger partial charge in [-0.15, -0.1) is 21.5 Å². The predicted octanol–water partition coefficient (Wildman–Crippen LogP) is 0.422. The van der Waals surface area contributed by atoms with Gasteiger partial charge in [-0.05, 0) is 44.1 Å². The molecule has 4 rings (SSSR count). The van der Waals surface area contributed by atoms with Gasteiger partial charge in [0.25, 0.3) is 11.8 Å².